The predicted octanol–water partition coefficient (Wildman–Crippen LogP) is 4.27. The Hall–Kier alpha value is -1.01. The van der Waals surface area contributed by atoms with Crippen molar-refractivity contribution in [2.75, 3.05) is 19.8 Å². The third-order valence-corrected chi connectivity index (χ3v) is 11.6. The Kier molecular flexibility index (Phi) is 29.1. The van der Waals surface area contributed by atoms with Gasteiger partial charge in [-0.2, -0.15) is 0 Å². The summed E-state index contributed by atoms with van der Waals surface area (Å²) < 4.78 is 22.6. The van der Waals surface area contributed by atoms with Crippen molar-refractivity contribution >= 4 is 5.91 Å². The third-order valence-electron chi connectivity index (χ3n) is 11.6. The summed E-state index contributed by atoms with van der Waals surface area (Å²) in [6.07, 6.45) is 11.2. The van der Waals surface area contributed by atoms with Gasteiger partial charge in [0.15, 0.2) is 12.6 Å². The summed E-state index contributed by atoms with van der Waals surface area (Å²) >= 11 is 0. The van der Waals surface area contributed by atoms with Crippen LogP contribution in [0, 0.1) is 0 Å². The third kappa shape index (κ3) is 20.4. The maximum absolute atomic E-state index is 13.1. The fourth-order valence-electron chi connectivity index (χ4n) is 7.76. The Balaban J connectivity index is 1.88. The SMILES string of the molecule is CCCCCCCCCCCCCCCC(=O)N[C@@H](CO[C@@H]1O[C@H](CO)[C@@H](O[C@@H]2O[C@H](CO)[C@H](O)C(O)C2O)C(O)C1O)[C@H](O)CCCCCCCCCCCC. The van der Waals surface area contributed by atoms with Crippen LogP contribution in [-0.4, -0.2) is 140 Å². The maximum Gasteiger partial charge on any atom is 0.220 e. The van der Waals surface area contributed by atoms with Crippen molar-refractivity contribution in [3.05, 3.63) is 0 Å². The Morgan fingerprint density at radius 2 is 1.00 bits per heavy atom. The molecule has 1 amide bonds. The van der Waals surface area contributed by atoms with E-state index in [9.17, 15) is 45.6 Å². The van der Waals surface area contributed by atoms with Crippen molar-refractivity contribution < 1.29 is 64.6 Å². The molecule has 0 saturated carbocycles. The van der Waals surface area contributed by atoms with E-state index < -0.39 is 86.8 Å². The van der Waals surface area contributed by atoms with Crippen LogP contribution in [0.3, 0.4) is 0 Å². The van der Waals surface area contributed by atoms with E-state index in [4.69, 9.17) is 18.9 Å². The van der Waals surface area contributed by atoms with Gasteiger partial charge < -0.3 is 65.1 Å². The van der Waals surface area contributed by atoms with E-state index in [1.54, 1.807) is 0 Å². The van der Waals surface area contributed by atoms with E-state index in [-0.39, 0.29) is 12.5 Å². The minimum Gasteiger partial charge on any atom is -0.394 e. The fourth-order valence-corrected chi connectivity index (χ4v) is 7.76. The monoisotopic (exact) mass is 822 g/mol. The van der Waals surface area contributed by atoms with Gasteiger partial charge in [0.25, 0.3) is 0 Å². The van der Waals surface area contributed by atoms with E-state index in [1.165, 1.54) is 96.3 Å². The summed E-state index contributed by atoms with van der Waals surface area (Å²) in [6.45, 7) is 2.81. The van der Waals surface area contributed by atoms with Crippen molar-refractivity contribution in [2.24, 2.45) is 0 Å². The zero-order chi connectivity index (χ0) is 41.8. The van der Waals surface area contributed by atoms with Crippen LogP contribution in [0.5, 0.6) is 0 Å². The average Bonchev–Trinajstić information content (AvgIpc) is 3.21. The molecule has 0 aromatic rings. The van der Waals surface area contributed by atoms with Crippen molar-refractivity contribution in [3.63, 3.8) is 0 Å². The lowest BCUT2D eigenvalue weighted by molar-refractivity contribution is -0.359. The van der Waals surface area contributed by atoms with Crippen LogP contribution < -0.4 is 5.32 Å². The molecular weight excluding hydrogens is 738 g/mol. The highest BCUT2D eigenvalue weighted by Crippen LogP contribution is 2.30. The standard InChI is InChI=1S/C43H83NO13/c1-3-5-7-9-11-13-15-16-17-19-21-23-25-27-35(48)44-31(32(47)26-24-22-20-18-14-12-10-8-6-4-2)30-54-42-40(53)38(51)41(34(29-46)56-42)57-43-39(52)37(50)36(49)33(28-45)55-43/h31-34,36-43,45-47,49-53H,3-30H2,1-2H3,(H,44,48)/t31-,32+,33+,34+,36-,37?,38?,39?,40?,41+,42+,43-/m0/s1. The number of aliphatic hydroxyl groups is 8. The van der Waals surface area contributed by atoms with E-state index >= 15 is 0 Å². The minimum absolute atomic E-state index is 0.208. The number of amides is 1. The molecule has 2 aliphatic rings. The van der Waals surface area contributed by atoms with Gasteiger partial charge in [0.05, 0.1) is 32.0 Å². The van der Waals surface area contributed by atoms with Gasteiger partial charge in [-0.25, -0.2) is 0 Å². The molecule has 0 aromatic heterocycles. The second kappa shape index (κ2) is 31.8. The van der Waals surface area contributed by atoms with E-state index in [1.807, 2.05) is 0 Å². The molecule has 2 heterocycles. The summed E-state index contributed by atoms with van der Waals surface area (Å²) in [5.41, 5.74) is 0. The summed E-state index contributed by atoms with van der Waals surface area (Å²) in [7, 11) is 0. The molecule has 9 N–H and O–H groups in total. The largest absolute Gasteiger partial charge is 0.394 e. The number of nitrogens with one attached hydrogen (secondary N) is 1. The Morgan fingerprint density at radius 3 is 1.49 bits per heavy atom. The minimum atomic E-state index is -1.78. The number of aliphatic hydroxyl groups excluding tert-OH is 8. The van der Waals surface area contributed by atoms with Crippen LogP contribution in [-0.2, 0) is 23.7 Å². The van der Waals surface area contributed by atoms with E-state index in [0.717, 1.165) is 51.4 Å². The first-order valence-electron chi connectivity index (χ1n) is 22.8. The molecule has 2 fully saturated rings. The van der Waals surface area contributed by atoms with Gasteiger partial charge in [-0.15, -0.1) is 0 Å². The highest BCUT2D eigenvalue weighted by atomic mass is 16.7. The molecular formula is C43H83NO13. The molecule has 2 saturated heterocycles. The van der Waals surface area contributed by atoms with Gasteiger partial charge in [-0.1, -0.05) is 155 Å². The van der Waals surface area contributed by atoms with Crippen LogP contribution in [0.25, 0.3) is 0 Å². The molecule has 338 valence electrons. The summed E-state index contributed by atoms with van der Waals surface area (Å²) in [6, 6.07) is -0.818. The second-order valence-corrected chi connectivity index (χ2v) is 16.5. The number of carbonyl (C=O) groups is 1. The van der Waals surface area contributed by atoms with E-state index in [2.05, 4.69) is 19.2 Å². The molecule has 0 aliphatic carbocycles. The van der Waals surface area contributed by atoms with Crippen LogP contribution in [0.2, 0.25) is 0 Å². The lowest BCUT2D eigenvalue weighted by Crippen LogP contribution is -2.65. The van der Waals surface area contributed by atoms with Crippen LogP contribution >= 0.6 is 0 Å². The highest BCUT2D eigenvalue weighted by Gasteiger charge is 2.51. The van der Waals surface area contributed by atoms with Gasteiger partial charge in [-0.05, 0) is 12.8 Å². The fraction of sp³-hybridized carbons (Fsp3) is 0.977. The smallest absolute Gasteiger partial charge is 0.220 e. The number of ether oxygens (including phenoxy) is 4. The quantitative estimate of drug-likeness (QED) is 0.0414. The number of carbonyl (C=O) groups excluding carboxylic acids is 1. The zero-order valence-corrected chi connectivity index (χ0v) is 35.3. The van der Waals surface area contributed by atoms with Gasteiger partial charge in [0.1, 0.15) is 48.8 Å². The molecule has 0 radical (unpaired) electrons. The summed E-state index contributed by atoms with van der Waals surface area (Å²) in [5.74, 6) is -0.208. The summed E-state index contributed by atoms with van der Waals surface area (Å²) in [5, 5.41) is 86.5. The molecule has 2 rings (SSSR count). The Labute approximate surface area is 343 Å². The first-order valence-corrected chi connectivity index (χ1v) is 22.8. The summed E-state index contributed by atoms with van der Waals surface area (Å²) in [4.78, 5) is 13.1. The van der Waals surface area contributed by atoms with E-state index in [0.29, 0.717) is 12.8 Å². The number of rotatable bonds is 34. The molecule has 0 bridgehead atoms. The Morgan fingerprint density at radius 1 is 0.561 bits per heavy atom. The van der Waals surface area contributed by atoms with Crippen LogP contribution in [0.1, 0.15) is 174 Å². The molecule has 4 unspecified atom stereocenters. The van der Waals surface area contributed by atoms with Crippen molar-refractivity contribution in [2.45, 2.75) is 248 Å². The number of hydrogen-bond donors (Lipinski definition) is 9. The Bertz CT molecular complexity index is 977. The maximum atomic E-state index is 13.1. The molecule has 0 spiro atoms. The number of hydrogen-bond acceptors (Lipinski definition) is 13. The molecule has 14 nitrogen and oxygen atoms in total. The van der Waals surface area contributed by atoms with Crippen molar-refractivity contribution in [1.82, 2.24) is 5.32 Å². The molecule has 0 aromatic carbocycles. The molecule has 14 heteroatoms. The predicted molar refractivity (Wildman–Crippen MR) is 217 cm³/mol. The first-order chi connectivity index (χ1) is 27.6. The van der Waals surface area contributed by atoms with Gasteiger partial charge >= 0.3 is 0 Å². The lowest BCUT2D eigenvalue weighted by Gasteiger charge is -2.46. The second-order valence-electron chi connectivity index (χ2n) is 16.5. The normalized spacial score (nSPS) is 29.0. The number of unbranched alkanes of at least 4 members (excludes halogenated alkanes) is 21. The molecule has 12 atom stereocenters. The van der Waals surface area contributed by atoms with Crippen LogP contribution in [0.15, 0.2) is 0 Å². The highest BCUT2D eigenvalue weighted by molar-refractivity contribution is 5.76. The zero-order valence-electron chi connectivity index (χ0n) is 35.3. The van der Waals surface area contributed by atoms with Crippen LogP contribution in [0.4, 0.5) is 0 Å². The van der Waals surface area contributed by atoms with Gasteiger partial charge in [0, 0.05) is 6.42 Å². The average molecular weight is 822 g/mol. The molecule has 2 aliphatic heterocycles. The van der Waals surface area contributed by atoms with Crippen molar-refractivity contribution in [1.29, 1.82) is 0 Å². The van der Waals surface area contributed by atoms with Gasteiger partial charge in [0.2, 0.25) is 5.91 Å². The van der Waals surface area contributed by atoms with Crippen molar-refractivity contribution in [3.8, 4) is 0 Å². The first kappa shape index (κ1) is 52.1. The lowest BCUT2D eigenvalue weighted by atomic mass is 9.97. The topological polar surface area (TPSA) is 228 Å². The molecule has 57 heavy (non-hydrogen) atoms. The van der Waals surface area contributed by atoms with Gasteiger partial charge in [-0.3, -0.25) is 4.79 Å².